The first kappa shape index (κ1) is 17.4. The number of carbonyl (C=O) groups is 1. The third-order valence-corrected chi connectivity index (χ3v) is 4.14. The average Bonchev–Trinajstić information content (AvgIpc) is 2.52. The highest BCUT2D eigenvalue weighted by atomic mass is 32.2. The van der Waals surface area contributed by atoms with Crippen LogP contribution >= 0.6 is 11.8 Å². The van der Waals surface area contributed by atoms with Crippen molar-refractivity contribution in [1.82, 2.24) is 0 Å². The van der Waals surface area contributed by atoms with Crippen LogP contribution < -0.4 is 10.5 Å². The third-order valence-electron chi connectivity index (χ3n) is 3.08. The Bertz CT molecular complexity index is 690. The largest absolute Gasteiger partial charge is 0.595 e. The van der Waals surface area contributed by atoms with E-state index in [1.165, 1.54) is 36.0 Å². The second-order valence-electron chi connectivity index (χ2n) is 4.60. The second kappa shape index (κ2) is 7.53. The van der Waals surface area contributed by atoms with E-state index >= 15 is 0 Å². The maximum atomic E-state index is 11.3. The van der Waals surface area contributed by atoms with Crippen molar-refractivity contribution in [3.05, 3.63) is 64.0 Å². The molecule has 0 amide bonds. The molecule has 2 aromatic carbocycles. The first-order chi connectivity index (χ1) is 10.9. The molecule has 0 spiro atoms. The molecule has 0 aliphatic rings. The van der Waals surface area contributed by atoms with E-state index in [1.807, 2.05) is 0 Å². The molecule has 0 aliphatic heterocycles. The van der Waals surface area contributed by atoms with Crippen molar-refractivity contribution in [3.63, 3.8) is 0 Å². The lowest BCUT2D eigenvalue weighted by molar-refractivity contribution is -0.991. The summed E-state index contributed by atoms with van der Waals surface area (Å²) < 4.78 is 0. The Morgan fingerprint density at radius 1 is 1.04 bits per heavy atom. The molecule has 0 aromatic heterocycles. The maximum Gasteiger partial charge on any atom is 0.335 e. The third kappa shape index (κ3) is 4.50. The number of thioether (sulfide) groups is 1. The molecule has 0 fully saturated rings. The van der Waals surface area contributed by atoms with Crippen LogP contribution in [0.1, 0.15) is 15.9 Å². The Kier molecular flexibility index (Phi) is 5.69. The van der Waals surface area contributed by atoms with Gasteiger partial charge in [0.25, 0.3) is 0 Å². The van der Waals surface area contributed by atoms with Gasteiger partial charge in [-0.1, -0.05) is 6.07 Å². The zero-order valence-electron chi connectivity index (χ0n) is 11.7. The number of carboxylic acids is 1. The van der Waals surface area contributed by atoms with Crippen molar-refractivity contribution in [2.24, 2.45) is 0 Å². The summed E-state index contributed by atoms with van der Waals surface area (Å²) in [7, 11) is 0. The fourth-order valence-electron chi connectivity index (χ4n) is 1.89. The minimum Gasteiger partial charge on any atom is -0.595 e. The summed E-state index contributed by atoms with van der Waals surface area (Å²) in [5, 5.41) is 46.8. The Balaban J connectivity index is 2.14. The standard InChI is InChI=1S/C14H14N2O6S/c17-14(18)9-1-2-10(13(7-9)16(21)22)8-23-12-5-3-11(4-6-12)15(19)20/h1-7,15-16,19,21H,8H2,(H,17,18). The fraction of sp³-hybridized carbons (Fsp3) is 0.0714. The van der Waals surface area contributed by atoms with E-state index in [-0.39, 0.29) is 16.9 Å². The molecule has 0 aliphatic carbocycles. The van der Waals surface area contributed by atoms with Gasteiger partial charge in [0.05, 0.1) is 5.56 Å². The number of benzene rings is 2. The molecule has 0 bridgehead atoms. The van der Waals surface area contributed by atoms with Crippen LogP contribution in [0.25, 0.3) is 0 Å². The lowest BCUT2D eigenvalue weighted by atomic mass is 10.1. The molecule has 0 heterocycles. The molecular formula is C14H14N2O6S. The van der Waals surface area contributed by atoms with Gasteiger partial charge in [0.15, 0.2) is 11.4 Å². The molecule has 0 radical (unpaired) electrons. The molecule has 122 valence electrons. The van der Waals surface area contributed by atoms with Crippen molar-refractivity contribution in [1.29, 1.82) is 0 Å². The molecular weight excluding hydrogens is 324 g/mol. The van der Waals surface area contributed by atoms with E-state index in [0.29, 0.717) is 11.3 Å². The highest BCUT2D eigenvalue weighted by Crippen LogP contribution is 2.26. The van der Waals surface area contributed by atoms with E-state index in [1.54, 1.807) is 12.1 Å². The summed E-state index contributed by atoms with van der Waals surface area (Å²) >= 11 is 1.34. The predicted molar refractivity (Wildman–Crippen MR) is 81.0 cm³/mol. The molecule has 0 saturated heterocycles. The predicted octanol–water partition coefficient (Wildman–Crippen LogP) is 0.484. The van der Waals surface area contributed by atoms with Gasteiger partial charge in [-0.05, 0) is 18.2 Å². The molecule has 2 unspecified atom stereocenters. The van der Waals surface area contributed by atoms with Crippen LogP contribution in [0.3, 0.4) is 0 Å². The van der Waals surface area contributed by atoms with E-state index in [0.717, 1.165) is 11.0 Å². The van der Waals surface area contributed by atoms with Gasteiger partial charge in [-0.15, -0.1) is 11.8 Å². The van der Waals surface area contributed by atoms with Crippen molar-refractivity contribution in [2.45, 2.75) is 10.6 Å². The summed E-state index contributed by atoms with van der Waals surface area (Å²) in [5.74, 6) is -0.857. The zero-order valence-corrected chi connectivity index (χ0v) is 12.5. The Morgan fingerprint density at radius 2 is 1.70 bits per heavy atom. The van der Waals surface area contributed by atoms with Gasteiger partial charge >= 0.3 is 5.97 Å². The smallest absolute Gasteiger partial charge is 0.335 e. The van der Waals surface area contributed by atoms with Crippen LogP contribution in [-0.2, 0) is 5.75 Å². The van der Waals surface area contributed by atoms with Gasteiger partial charge in [0, 0.05) is 34.4 Å². The van der Waals surface area contributed by atoms with Crippen molar-refractivity contribution < 1.29 is 30.8 Å². The lowest BCUT2D eigenvalue weighted by Gasteiger charge is -2.16. The Hall–Kier alpha value is -1.98. The van der Waals surface area contributed by atoms with Crippen molar-refractivity contribution >= 4 is 29.1 Å². The highest BCUT2D eigenvalue weighted by molar-refractivity contribution is 7.98. The Morgan fingerprint density at radius 3 is 2.22 bits per heavy atom. The highest BCUT2D eigenvalue weighted by Gasteiger charge is 2.14. The number of hydrogen-bond acceptors (Lipinski definition) is 6. The SMILES string of the molecule is O=C(O)c1ccc(CSc2ccc([NH+]([O-])O)cc2)c([NH+]([O-])O)c1. The van der Waals surface area contributed by atoms with Gasteiger partial charge in [-0.3, -0.25) is 0 Å². The monoisotopic (exact) mass is 338 g/mol. The fourth-order valence-corrected chi connectivity index (χ4v) is 2.79. The minimum atomic E-state index is -1.19. The number of quaternary nitrogens is 2. The number of rotatable bonds is 6. The van der Waals surface area contributed by atoms with Gasteiger partial charge in [-0.25, -0.2) is 15.2 Å². The Labute approximate surface area is 135 Å². The van der Waals surface area contributed by atoms with Crippen LogP contribution in [0, 0.1) is 10.4 Å². The molecule has 9 heteroatoms. The molecule has 23 heavy (non-hydrogen) atoms. The van der Waals surface area contributed by atoms with Crippen molar-refractivity contribution in [3.8, 4) is 0 Å². The van der Waals surface area contributed by atoms with Crippen LogP contribution in [0.4, 0.5) is 11.4 Å². The quantitative estimate of drug-likeness (QED) is 0.382. The first-order valence-electron chi connectivity index (χ1n) is 6.44. The average molecular weight is 338 g/mol. The van der Waals surface area contributed by atoms with E-state index in [4.69, 9.17) is 10.3 Å². The summed E-state index contributed by atoms with van der Waals surface area (Å²) in [5.41, 5.74) is 0.530. The summed E-state index contributed by atoms with van der Waals surface area (Å²) in [4.78, 5) is 11.7. The first-order valence-corrected chi connectivity index (χ1v) is 7.42. The number of hydrogen-bond donors (Lipinski definition) is 5. The molecule has 0 saturated carbocycles. The summed E-state index contributed by atoms with van der Waals surface area (Å²) in [6.07, 6.45) is 0. The molecule has 2 rings (SSSR count). The normalized spacial score (nSPS) is 13.6. The number of nitrogens with one attached hydrogen (secondary N) is 2. The molecule has 2 atom stereocenters. The van der Waals surface area contributed by atoms with Crippen LogP contribution in [0.2, 0.25) is 0 Å². The number of carboxylic acid groups (broad SMARTS) is 1. The van der Waals surface area contributed by atoms with E-state index in [2.05, 4.69) is 0 Å². The van der Waals surface area contributed by atoms with E-state index in [9.17, 15) is 20.4 Å². The summed E-state index contributed by atoms with van der Waals surface area (Å²) in [6, 6.07) is 10.2. The minimum absolute atomic E-state index is 0.0560. The van der Waals surface area contributed by atoms with Gasteiger partial charge in [-0.2, -0.15) is 10.5 Å². The van der Waals surface area contributed by atoms with Gasteiger partial charge in [0.1, 0.15) is 0 Å². The zero-order chi connectivity index (χ0) is 17.0. The van der Waals surface area contributed by atoms with Crippen LogP contribution in [0.5, 0.6) is 0 Å². The topological polar surface area (TPSA) is 133 Å². The van der Waals surface area contributed by atoms with Gasteiger partial charge < -0.3 is 15.5 Å². The van der Waals surface area contributed by atoms with Crippen LogP contribution in [-0.4, -0.2) is 21.5 Å². The second-order valence-corrected chi connectivity index (χ2v) is 5.65. The van der Waals surface area contributed by atoms with Crippen LogP contribution in [0.15, 0.2) is 47.4 Å². The van der Waals surface area contributed by atoms with Crippen molar-refractivity contribution in [2.75, 3.05) is 0 Å². The summed E-state index contributed by atoms with van der Waals surface area (Å²) in [6.45, 7) is 0. The molecule has 8 nitrogen and oxygen atoms in total. The van der Waals surface area contributed by atoms with Gasteiger partial charge in [0.2, 0.25) is 0 Å². The maximum absolute atomic E-state index is 11.3. The van der Waals surface area contributed by atoms with E-state index < -0.39 is 16.4 Å². The lowest BCUT2D eigenvalue weighted by Crippen LogP contribution is -2.99. The molecule has 2 aromatic rings. The number of aromatic carboxylic acids is 1. The molecule has 5 N–H and O–H groups in total.